The molecule has 2 rings (SSSR count). The smallest absolute Gasteiger partial charge is 0.281 e. The molecule has 1 aromatic carbocycles. The van der Waals surface area contributed by atoms with Gasteiger partial charge >= 0.3 is 0 Å². The van der Waals surface area contributed by atoms with E-state index in [4.69, 9.17) is 27.6 Å². The van der Waals surface area contributed by atoms with Gasteiger partial charge in [-0.25, -0.2) is 0 Å². The molecule has 0 radical (unpaired) electrons. The minimum atomic E-state index is -1.36. The van der Waals surface area contributed by atoms with Crippen molar-refractivity contribution in [3.8, 4) is 0 Å². The number of nitrogens with zero attached hydrogens (tertiary/aromatic N) is 2. The molecule has 0 saturated heterocycles. The van der Waals surface area contributed by atoms with E-state index in [0.717, 1.165) is 11.8 Å². The molecule has 0 atom stereocenters. The molecule has 5 nitrogen and oxygen atoms in total. The molecule has 0 saturated carbocycles. The SMILES string of the molecule is Cc1nnc(S/C(=C\c2ccc(Cl)cc2Cl)C(=O)[O-])o1. The lowest BCUT2D eigenvalue weighted by molar-refractivity contribution is -0.298. The molecule has 0 aliphatic heterocycles. The van der Waals surface area contributed by atoms with Crippen molar-refractivity contribution in [1.29, 1.82) is 0 Å². The maximum Gasteiger partial charge on any atom is 0.281 e. The Balaban J connectivity index is 2.32. The Morgan fingerprint density at radius 2 is 2.15 bits per heavy atom. The number of carbonyl (C=O) groups excluding carboxylic acids is 1. The molecule has 2 aromatic rings. The summed E-state index contributed by atoms with van der Waals surface area (Å²) >= 11 is 12.6. The Labute approximate surface area is 128 Å². The first-order chi connectivity index (χ1) is 9.45. The number of halogens is 2. The number of rotatable bonds is 4. The normalized spacial score (nSPS) is 11.7. The number of benzene rings is 1. The largest absolute Gasteiger partial charge is 0.544 e. The van der Waals surface area contributed by atoms with Gasteiger partial charge in [-0.2, -0.15) is 0 Å². The predicted octanol–water partition coefficient (Wildman–Crippen LogP) is 2.57. The molecule has 0 bridgehead atoms. The van der Waals surface area contributed by atoms with Crippen LogP contribution in [0.1, 0.15) is 11.5 Å². The number of hydrogen-bond donors (Lipinski definition) is 0. The zero-order valence-corrected chi connectivity index (χ0v) is 12.4. The Bertz CT molecular complexity index is 685. The van der Waals surface area contributed by atoms with E-state index in [-0.39, 0.29) is 10.1 Å². The third-order valence-corrected chi connectivity index (χ3v) is 3.56. The van der Waals surface area contributed by atoms with Crippen LogP contribution in [0.3, 0.4) is 0 Å². The number of thioether (sulfide) groups is 1. The fourth-order valence-electron chi connectivity index (χ4n) is 1.30. The fraction of sp³-hybridized carbons (Fsp3) is 0.0833. The highest BCUT2D eigenvalue weighted by Crippen LogP contribution is 2.29. The summed E-state index contributed by atoms with van der Waals surface area (Å²) in [6, 6.07) is 4.73. The van der Waals surface area contributed by atoms with E-state index in [1.165, 1.54) is 12.1 Å². The van der Waals surface area contributed by atoms with Crippen molar-refractivity contribution in [3.63, 3.8) is 0 Å². The van der Waals surface area contributed by atoms with Crippen molar-refractivity contribution in [2.45, 2.75) is 12.1 Å². The van der Waals surface area contributed by atoms with Crippen molar-refractivity contribution in [2.24, 2.45) is 0 Å². The summed E-state index contributed by atoms with van der Waals surface area (Å²) in [4.78, 5) is 11.0. The summed E-state index contributed by atoms with van der Waals surface area (Å²) in [6.07, 6.45) is 1.36. The van der Waals surface area contributed by atoms with Gasteiger partial charge in [0.05, 0.1) is 5.97 Å². The molecule has 20 heavy (non-hydrogen) atoms. The molecular formula is C12H7Cl2N2O3S-. The molecule has 0 aliphatic carbocycles. The Hall–Kier alpha value is -1.50. The van der Waals surface area contributed by atoms with Gasteiger partial charge in [0.2, 0.25) is 5.89 Å². The van der Waals surface area contributed by atoms with E-state index >= 15 is 0 Å². The first-order valence-electron chi connectivity index (χ1n) is 5.32. The minimum Gasteiger partial charge on any atom is -0.544 e. The molecule has 1 heterocycles. The average Bonchev–Trinajstić information content (AvgIpc) is 2.77. The van der Waals surface area contributed by atoms with Crippen molar-refractivity contribution in [2.75, 3.05) is 0 Å². The van der Waals surface area contributed by atoms with E-state index < -0.39 is 5.97 Å². The topological polar surface area (TPSA) is 79.0 Å². The third kappa shape index (κ3) is 3.75. The van der Waals surface area contributed by atoms with Crippen LogP contribution in [0.25, 0.3) is 6.08 Å². The summed E-state index contributed by atoms with van der Waals surface area (Å²) in [6.45, 7) is 1.61. The Morgan fingerprint density at radius 3 is 2.70 bits per heavy atom. The molecule has 1 aromatic heterocycles. The lowest BCUT2D eigenvalue weighted by atomic mass is 10.2. The second-order valence-corrected chi connectivity index (χ2v) is 5.49. The van der Waals surface area contributed by atoms with Crippen molar-refractivity contribution >= 4 is 47.0 Å². The van der Waals surface area contributed by atoms with Crippen LogP contribution in [0.4, 0.5) is 0 Å². The highest BCUT2D eigenvalue weighted by atomic mass is 35.5. The quantitative estimate of drug-likeness (QED) is 0.633. The Kier molecular flexibility index (Phi) is 4.69. The number of aryl methyl sites for hydroxylation is 1. The first kappa shape index (κ1) is 14.9. The van der Waals surface area contributed by atoms with Crippen LogP contribution in [-0.2, 0) is 4.79 Å². The van der Waals surface area contributed by atoms with Gasteiger partial charge in [0.15, 0.2) is 0 Å². The van der Waals surface area contributed by atoms with Crippen LogP contribution in [0.5, 0.6) is 0 Å². The van der Waals surface area contributed by atoms with Gasteiger partial charge in [0, 0.05) is 21.9 Å². The number of carboxylic acid groups (broad SMARTS) is 1. The molecule has 0 unspecified atom stereocenters. The van der Waals surface area contributed by atoms with Crippen LogP contribution in [0, 0.1) is 6.92 Å². The highest BCUT2D eigenvalue weighted by molar-refractivity contribution is 8.03. The average molecular weight is 330 g/mol. The standard InChI is InChI=1S/C12H8Cl2N2O3S/c1-6-15-16-12(19-6)20-10(11(17)18)4-7-2-3-8(13)5-9(7)14/h2-5H,1H3,(H,17,18)/p-1/b10-4-. The van der Waals surface area contributed by atoms with Gasteiger partial charge in [-0.15, -0.1) is 10.2 Å². The second-order valence-electron chi connectivity index (χ2n) is 3.65. The molecule has 0 N–H and O–H groups in total. The van der Waals surface area contributed by atoms with E-state index in [1.807, 2.05) is 0 Å². The fourth-order valence-corrected chi connectivity index (χ4v) is 2.47. The molecule has 0 spiro atoms. The summed E-state index contributed by atoms with van der Waals surface area (Å²) in [7, 11) is 0. The number of aliphatic carboxylic acids is 1. The van der Waals surface area contributed by atoms with Crippen LogP contribution < -0.4 is 5.11 Å². The predicted molar refractivity (Wildman–Crippen MR) is 74.3 cm³/mol. The van der Waals surface area contributed by atoms with E-state index in [0.29, 0.717) is 21.5 Å². The number of carbonyl (C=O) groups is 1. The zero-order chi connectivity index (χ0) is 14.7. The number of carboxylic acids is 1. The van der Waals surface area contributed by atoms with Crippen LogP contribution in [0.2, 0.25) is 10.0 Å². The first-order valence-corrected chi connectivity index (χ1v) is 6.89. The summed E-state index contributed by atoms with van der Waals surface area (Å²) < 4.78 is 5.11. The molecule has 104 valence electrons. The number of aromatic nitrogens is 2. The van der Waals surface area contributed by atoms with E-state index in [9.17, 15) is 9.90 Å². The van der Waals surface area contributed by atoms with Crippen molar-refractivity contribution in [1.82, 2.24) is 10.2 Å². The van der Waals surface area contributed by atoms with E-state index in [2.05, 4.69) is 10.2 Å². The van der Waals surface area contributed by atoms with Crippen molar-refractivity contribution < 1.29 is 14.3 Å². The van der Waals surface area contributed by atoms with Gasteiger partial charge in [-0.1, -0.05) is 29.3 Å². The maximum atomic E-state index is 11.1. The molecule has 0 amide bonds. The van der Waals surface area contributed by atoms with Gasteiger partial charge in [0.25, 0.3) is 5.22 Å². The summed E-state index contributed by atoms with van der Waals surface area (Å²) in [5.74, 6) is -1.02. The highest BCUT2D eigenvalue weighted by Gasteiger charge is 2.10. The number of hydrogen-bond acceptors (Lipinski definition) is 6. The minimum absolute atomic E-state index is 0.0992. The lowest BCUT2D eigenvalue weighted by Gasteiger charge is -2.06. The lowest BCUT2D eigenvalue weighted by Crippen LogP contribution is -2.23. The monoisotopic (exact) mass is 329 g/mol. The Morgan fingerprint density at radius 1 is 1.40 bits per heavy atom. The molecule has 8 heteroatoms. The maximum absolute atomic E-state index is 11.1. The van der Waals surface area contributed by atoms with Crippen LogP contribution in [-0.4, -0.2) is 16.2 Å². The van der Waals surface area contributed by atoms with Crippen LogP contribution in [0.15, 0.2) is 32.7 Å². The van der Waals surface area contributed by atoms with Gasteiger partial charge in [-0.3, -0.25) is 0 Å². The zero-order valence-electron chi connectivity index (χ0n) is 10.1. The second kappa shape index (κ2) is 6.30. The van der Waals surface area contributed by atoms with Gasteiger partial charge < -0.3 is 14.3 Å². The third-order valence-electron chi connectivity index (χ3n) is 2.16. The summed E-state index contributed by atoms with van der Waals surface area (Å²) in [5, 5.41) is 19.4. The van der Waals surface area contributed by atoms with Gasteiger partial charge in [-0.05, 0) is 35.5 Å². The van der Waals surface area contributed by atoms with Crippen LogP contribution >= 0.6 is 35.0 Å². The van der Waals surface area contributed by atoms with Crippen molar-refractivity contribution in [3.05, 3.63) is 44.6 Å². The van der Waals surface area contributed by atoms with E-state index in [1.54, 1.807) is 19.1 Å². The molecule has 0 fully saturated rings. The molecular weight excluding hydrogens is 323 g/mol. The summed E-state index contributed by atoms with van der Waals surface area (Å²) in [5.41, 5.74) is 0.499. The van der Waals surface area contributed by atoms with Gasteiger partial charge in [0.1, 0.15) is 0 Å². The molecule has 0 aliphatic rings.